The Kier molecular flexibility index (Phi) is 3.51. The molecule has 0 saturated carbocycles. The molecule has 3 rings (SSSR count). The summed E-state index contributed by atoms with van der Waals surface area (Å²) < 4.78 is 5.81. The number of fused-ring (bicyclic) bond motifs is 1. The Morgan fingerprint density at radius 3 is 2.45 bits per heavy atom. The van der Waals surface area contributed by atoms with Crippen molar-refractivity contribution >= 4 is 16.9 Å². The number of aryl methyl sites for hydroxylation is 1. The second-order valence-electron chi connectivity index (χ2n) is 5.13. The largest absolute Gasteiger partial charge is 0.456 e. The highest BCUT2D eigenvalue weighted by Crippen LogP contribution is 2.23. The lowest BCUT2D eigenvalue weighted by Crippen LogP contribution is -2.17. The zero-order chi connectivity index (χ0) is 15.7. The minimum Gasteiger partial charge on any atom is -0.456 e. The van der Waals surface area contributed by atoms with Crippen molar-refractivity contribution in [1.82, 2.24) is 5.32 Å². The Hall–Kier alpha value is -2.88. The molecule has 1 amide bonds. The molecular formula is C18H15NO3. The average molecular weight is 293 g/mol. The zero-order valence-corrected chi connectivity index (χ0v) is 12.3. The van der Waals surface area contributed by atoms with Gasteiger partial charge in [0.1, 0.15) is 11.3 Å². The molecule has 0 fully saturated rings. The SMILES string of the molecule is CNC(=O)c1ccc(-c2cc(=O)c3cc(C)ccc3o2)cc1. The first-order chi connectivity index (χ1) is 10.6. The monoisotopic (exact) mass is 293 g/mol. The van der Waals surface area contributed by atoms with E-state index in [0.29, 0.717) is 22.3 Å². The number of hydrogen-bond acceptors (Lipinski definition) is 3. The van der Waals surface area contributed by atoms with Gasteiger partial charge < -0.3 is 9.73 Å². The van der Waals surface area contributed by atoms with Crippen LogP contribution in [0.2, 0.25) is 0 Å². The van der Waals surface area contributed by atoms with Crippen LogP contribution in [0.15, 0.2) is 57.7 Å². The summed E-state index contributed by atoms with van der Waals surface area (Å²) in [6.07, 6.45) is 0. The van der Waals surface area contributed by atoms with E-state index in [1.54, 1.807) is 37.4 Å². The molecule has 0 bridgehead atoms. The van der Waals surface area contributed by atoms with Crippen LogP contribution in [-0.2, 0) is 0 Å². The van der Waals surface area contributed by atoms with E-state index < -0.39 is 0 Å². The standard InChI is InChI=1S/C18H15NO3/c1-11-3-8-16-14(9-11)15(20)10-17(22-16)12-4-6-13(7-5-12)18(21)19-2/h3-10H,1-2H3,(H,19,21). The van der Waals surface area contributed by atoms with Crippen LogP contribution in [0.5, 0.6) is 0 Å². The summed E-state index contributed by atoms with van der Waals surface area (Å²) in [6.45, 7) is 1.93. The maximum Gasteiger partial charge on any atom is 0.251 e. The number of amides is 1. The van der Waals surface area contributed by atoms with E-state index in [1.165, 1.54) is 6.07 Å². The molecule has 0 radical (unpaired) electrons. The molecule has 1 aromatic heterocycles. The third-order valence-electron chi connectivity index (χ3n) is 3.54. The van der Waals surface area contributed by atoms with Gasteiger partial charge in [0.2, 0.25) is 0 Å². The van der Waals surface area contributed by atoms with Gasteiger partial charge in [-0.25, -0.2) is 0 Å². The molecule has 3 aromatic rings. The van der Waals surface area contributed by atoms with Crippen LogP contribution >= 0.6 is 0 Å². The number of carbonyl (C=O) groups excluding carboxylic acids is 1. The molecule has 0 unspecified atom stereocenters. The molecule has 0 aliphatic carbocycles. The van der Waals surface area contributed by atoms with E-state index in [1.807, 2.05) is 19.1 Å². The van der Waals surface area contributed by atoms with Gasteiger partial charge in [-0.15, -0.1) is 0 Å². The van der Waals surface area contributed by atoms with Crippen molar-refractivity contribution in [3.63, 3.8) is 0 Å². The summed E-state index contributed by atoms with van der Waals surface area (Å²) in [4.78, 5) is 23.8. The summed E-state index contributed by atoms with van der Waals surface area (Å²) in [7, 11) is 1.58. The summed E-state index contributed by atoms with van der Waals surface area (Å²) in [6, 6.07) is 13.9. The first-order valence-corrected chi connectivity index (χ1v) is 6.95. The van der Waals surface area contributed by atoms with Gasteiger partial charge in [-0.05, 0) is 31.2 Å². The molecule has 0 saturated heterocycles. The van der Waals surface area contributed by atoms with E-state index in [2.05, 4.69) is 5.32 Å². The summed E-state index contributed by atoms with van der Waals surface area (Å²) >= 11 is 0. The van der Waals surface area contributed by atoms with Crippen LogP contribution in [0.4, 0.5) is 0 Å². The fourth-order valence-corrected chi connectivity index (χ4v) is 2.34. The topological polar surface area (TPSA) is 59.3 Å². The van der Waals surface area contributed by atoms with Crippen molar-refractivity contribution in [1.29, 1.82) is 0 Å². The molecule has 0 aliphatic heterocycles. The van der Waals surface area contributed by atoms with Crippen molar-refractivity contribution in [2.24, 2.45) is 0 Å². The van der Waals surface area contributed by atoms with Gasteiger partial charge in [0.25, 0.3) is 5.91 Å². The summed E-state index contributed by atoms with van der Waals surface area (Å²) in [5.74, 6) is 0.340. The van der Waals surface area contributed by atoms with Gasteiger partial charge in [-0.1, -0.05) is 23.8 Å². The number of carbonyl (C=O) groups is 1. The maximum absolute atomic E-state index is 12.2. The first-order valence-electron chi connectivity index (χ1n) is 6.95. The second kappa shape index (κ2) is 5.48. The highest BCUT2D eigenvalue weighted by Gasteiger charge is 2.08. The Balaban J connectivity index is 2.08. The van der Waals surface area contributed by atoms with E-state index in [4.69, 9.17) is 4.42 Å². The Morgan fingerprint density at radius 2 is 1.77 bits per heavy atom. The number of rotatable bonds is 2. The fourth-order valence-electron chi connectivity index (χ4n) is 2.34. The van der Waals surface area contributed by atoms with Crippen LogP contribution in [0.1, 0.15) is 15.9 Å². The van der Waals surface area contributed by atoms with Gasteiger partial charge >= 0.3 is 0 Å². The molecule has 4 nitrogen and oxygen atoms in total. The van der Waals surface area contributed by atoms with Crippen LogP contribution < -0.4 is 10.7 Å². The molecule has 2 aromatic carbocycles. The zero-order valence-electron chi connectivity index (χ0n) is 12.3. The first kappa shape index (κ1) is 14.1. The van der Waals surface area contributed by atoms with Gasteiger partial charge in [0.05, 0.1) is 5.39 Å². The molecule has 0 atom stereocenters. The normalized spacial score (nSPS) is 10.6. The van der Waals surface area contributed by atoms with Crippen LogP contribution in [0.25, 0.3) is 22.3 Å². The minimum atomic E-state index is -0.151. The second-order valence-corrected chi connectivity index (χ2v) is 5.13. The van der Waals surface area contributed by atoms with E-state index in [-0.39, 0.29) is 11.3 Å². The molecule has 0 spiro atoms. The molecule has 22 heavy (non-hydrogen) atoms. The Bertz CT molecular complexity index is 908. The fraction of sp³-hybridized carbons (Fsp3) is 0.111. The maximum atomic E-state index is 12.2. The highest BCUT2D eigenvalue weighted by atomic mass is 16.3. The third-order valence-corrected chi connectivity index (χ3v) is 3.54. The summed E-state index contributed by atoms with van der Waals surface area (Å²) in [5.41, 5.74) is 2.82. The lowest BCUT2D eigenvalue weighted by molar-refractivity contribution is 0.0963. The lowest BCUT2D eigenvalue weighted by Gasteiger charge is -2.05. The molecule has 1 N–H and O–H groups in total. The van der Waals surface area contributed by atoms with Crippen LogP contribution in [0.3, 0.4) is 0 Å². The molecule has 1 heterocycles. The van der Waals surface area contributed by atoms with E-state index in [9.17, 15) is 9.59 Å². The van der Waals surface area contributed by atoms with Crippen molar-refractivity contribution in [2.45, 2.75) is 6.92 Å². The number of hydrogen-bond donors (Lipinski definition) is 1. The minimum absolute atomic E-state index is 0.0738. The Morgan fingerprint density at radius 1 is 1.05 bits per heavy atom. The van der Waals surface area contributed by atoms with Gasteiger partial charge in [-0.2, -0.15) is 0 Å². The highest BCUT2D eigenvalue weighted by molar-refractivity contribution is 5.94. The van der Waals surface area contributed by atoms with E-state index in [0.717, 1.165) is 11.1 Å². The smallest absolute Gasteiger partial charge is 0.251 e. The molecule has 0 aliphatic rings. The number of benzene rings is 2. The lowest BCUT2D eigenvalue weighted by atomic mass is 10.1. The predicted octanol–water partition coefficient (Wildman–Crippen LogP) is 3.13. The quantitative estimate of drug-likeness (QED) is 0.789. The van der Waals surface area contributed by atoms with E-state index >= 15 is 0 Å². The molecular weight excluding hydrogens is 278 g/mol. The predicted molar refractivity (Wildman–Crippen MR) is 86.0 cm³/mol. The third kappa shape index (κ3) is 2.51. The van der Waals surface area contributed by atoms with Gasteiger partial charge in [0, 0.05) is 24.2 Å². The van der Waals surface area contributed by atoms with Gasteiger partial charge in [-0.3, -0.25) is 9.59 Å². The van der Waals surface area contributed by atoms with Crippen LogP contribution in [0, 0.1) is 6.92 Å². The molecule has 4 heteroatoms. The Labute approximate surface area is 127 Å². The van der Waals surface area contributed by atoms with Crippen molar-refractivity contribution < 1.29 is 9.21 Å². The number of nitrogens with one attached hydrogen (secondary N) is 1. The molecule has 110 valence electrons. The van der Waals surface area contributed by atoms with Gasteiger partial charge in [0.15, 0.2) is 5.43 Å². The van der Waals surface area contributed by atoms with Crippen molar-refractivity contribution in [3.8, 4) is 11.3 Å². The van der Waals surface area contributed by atoms with Crippen molar-refractivity contribution in [2.75, 3.05) is 7.05 Å². The summed E-state index contributed by atoms with van der Waals surface area (Å²) in [5, 5.41) is 3.14. The van der Waals surface area contributed by atoms with Crippen LogP contribution in [-0.4, -0.2) is 13.0 Å². The average Bonchev–Trinajstić information content (AvgIpc) is 2.55. The van der Waals surface area contributed by atoms with Crippen molar-refractivity contribution in [3.05, 3.63) is 69.9 Å².